The van der Waals surface area contributed by atoms with E-state index in [1.165, 1.54) is 12.0 Å². The lowest BCUT2D eigenvalue weighted by atomic mass is 10.1. The van der Waals surface area contributed by atoms with Crippen LogP contribution in [0.15, 0.2) is 24.3 Å². The average molecular weight is 184 g/mol. The molecule has 2 unspecified atom stereocenters. The minimum absolute atomic E-state index is 0. The monoisotopic (exact) mass is 183 g/mol. The Bertz CT molecular complexity index is 255. The normalized spacial score (nSPS) is 26.2. The molecule has 0 heterocycles. The molecule has 0 aliphatic heterocycles. The van der Waals surface area contributed by atoms with Crippen molar-refractivity contribution in [1.29, 1.82) is 0 Å². The van der Waals surface area contributed by atoms with E-state index in [2.05, 4.69) is 19.1 Å². The summed E-state index contributed by atoms with van der Waals surface area (Å²) in [4.78, 5) is 0. The van der Waals surface area contributed by atoms with E-state index < -0.39 is 0 Å². The van der Waals surface area contributed by atoms with Crippen molar-refractivity contribution in [3.05, 3.63) is 34.9 Å². The largest absolute Gasteiger partial charge is 0.344 e. The Morgan fingerprint density at radius 3 is 2.17 bits per heavy atom. The van der Waals surface area contributed by atoms with Crippen molar-refractivity contribution in [2.45, 2.75) is 19.3 Å². The Morgan fingerprint density at radius 2 is 1.75 bits per heavy atom. The molecule has 1 saturated carbocycles. The van der Waals surface area contributed by atoms with Crippen LogP contribution in [0.3, 0.4) is 0 Å². The van der Waals surface area contributed by atoms with Gasteiger partial charge in [0.15, 0.2) is 0 Å². The highest BCUT2D eigenvalue weighted by molar-refractivity contribution is 6.30. The van der Waals surface area contributed by atoms with Crippen molar-refractivity contribution in [1.82, 2.24) is 6.15 Å². The van der Waals surface area contributed by atoms with Gasteiger partial charge in [-0.25, -0.2) is 0 Å². The van der Waals surface area contributed by atoms with Crippen LogP contribution in [-0.4, -0.2) is 0 Å². The predicted molar refractivity (Wildman–Crippen MR) is 53.0 cm³/mol. The van der Waals surface area contributed by atoms with Gasteiger partial charge in [0.25, 0.3) is 0 Å². The van der Waals surface area contributed by atoms with Crippen LogP contribution in [0.2, 0.25) is 5.02 Å². The highest BCUT2D eigenvalue weighted by Gasteiger charge is 2.33. The first-order valence-corrected chi connectivity index (χ1v) is 4.40. The van der Waals surface area contributed by atoms with E-state index in [9.17, 15) is 0 Å². The van der Waals surface area contributed by atoms with Crippen LogP contribution in [0.1, 0.15) is 24.8 Å². The fourth-order valence-electron chi connectivity index (χ4n) is 1.50. The first-order valence-electron chi connectivity index (χ1n) is 4.03. The fourth-order valence-corrected chi connectivity index (χ4v) is 1.62. The molecule has 1 nitrogen and oxygen atoms in total. The first kappa shape index (κ1) is 9.56. The van der Waals surface area contributed by atoms with Crippen LogP contribution < -0.4 is 6.15 Å². The topological polar surface area (TPSA) is 35.0 Å². The summed E-state index contributed by atoms with van der Waals surface area (Å²) in [5.41, 5.74) is 1.45. The molecule has 2 rings (SSSR count). The van der Waals surface area contributed by atoms with E-state index in [4.69, 9.17) is 11.6 Å². The lowest BCUT2D eigenvalue weighted by molar-refractivity contribution is 0.915. The molecule has 1 aliphatic carbocycles. The molecule has 12 heavy (non-hydrogen) atoms. The first-order chi connectivity index (χ1) is 5.27. The second-order valence-electron chi connectivity index (χ2n) is 3.37. The molecule has 0 saturated heterocycles. The van der Waals surface area contributed by atoms with Gasteiger partial charge in [0.1, 0.15) is 0 Å². The summed E-state index contributed by atoms with van der Waals surface area (Å²) in [7, 11) is 0. The Balaban J connectivity index is 0.000000720. The molecule has 1 aliphatic rings. The third kappa shape index (κ3) is 1.79. The van der Waals surface area contributed by atoms with Gasteiger partial charge in [-0.05, 0) is 36.0 Å². The van der Waals surface area contributed by atoms with Gasteiger partial charge in [0.2, 0.25) is 0 Å². The van der Waals surface area contributed by atoms with E-state index in [0.717, 1.165) is 16.9 Å². The summed E-state index contributed by atoms with van der Waals surface area (Å²) in [6.45, 7) is 2.29. The van der Waals surface area contributed by atoms with Crippen molar-refractivity contribution >= 4 is 11.6 Å². The van der Waals surface area contributed by atoms with Gasteiger partial charge < -0.3 is 6.15 Å². The van der Waals surface area contributed by atoms with E-state index in [1.54, 1.807) is 0 Å². The van der Waals surface area contributed by atoms with Gasteiger partial charge >= 0.3 is 0 Å². The second kappa shape index (κ2) is 3.46. The van der Waals surface area contributed by atoms with Crippen molar-refractivity contribution in [2.75, 3.05) is 0 Å². The number of halogens is 1. The van der Waals surface area contributed by atoms with Crippen LogP contribution in [0, 0.1) is 5.92 Å². The minimum Gasteiger partial charge on any atom is -0.344 e. The summed E-state index contributed by atoms with van der Waals surface area (Å²) < 4.78 is 0. The summed E-state index contributed by atoms with van der Waals surface area (Å²) >= 11 is 5.77. The van der Waals surface area contributed by atoms with Crippen molar-refractivity contribution in [3.8, 4) is 0 Å². The highest BCUT2D eigenvalue weighted by atomic mass is 35.5. The quantitative estimate of drug-likeness (QED) is 0.709. The molecule has 3 N–H and O–H groups in total. The molecular formula is C10H14ClN. The summed E-state index contributed by atoms with van der Waals surface area (Å²) in [6, 6.07) is 8.22. The van der Waals surface area contributed by atoms with E-state index in [0.29, 0.717) is 0 Å². The van der Waals surface area contributed by atoms with Crippen LogP contribution in [0.4, 0.5) is 0 Å². The van der Waals surface area contributed by atoms with E-state index in [1.807, 2.05) is 12.1 Å². The van der Waals surface area contributed by atoms with Gasteiger partial charge in [0, 0.05) is 5.02 Å². The molecular weight excluding hydrogens is 170 g/mol. The summed E-state index contributed by atoms with van der Waals surface area (Å²) in [6.07, 6.45) is 1.35. The molecule has 2 heteroatoms. The zero-order valence-corrected chi connectivity index (χ0v) is 8.01. The standard InChI is InChI=1S/C10H11Cl.H3N/c1-7-6-10(7)8-2-4-9(11)5-3-8;/h2-5,7,10H,6H2,1H3;1H3. The van der Waals surface area contributed by atoms with Gasteiger partial charge in [-0.2, -0.15) is 0 Å². The van der Waals surface area contributed by atoms with Crippen molar-refractivity contribution < 1.29 is 0 Å². The number of rotatable bonds is 1. The van der Waals surface area contributed by atoms with Gasteiger partial charge in [-0.1, -0.05) is 30.7 Å². The lowest BCUT2D eigenvalue weighted by Gasteiger charge is -1.96. The lowest BCUT2D eigenvalue weighted by Crippen LogP contribution is -1.78. The number of hydrogen-bond acceptors (Lipinski definition) is 1. The third-order valence-electron chi connectivity index (χ3n) is 2.41. The molecule has 2 atom stereocenters. The molecule has 1 aromatic carbocycles. The summed E-state index contributed by atoms with van der Waals surface area (Å²) in [5, 5.41) is 0.835. The number of hydrogen-bond donors (Lipinski definition) is 1. The summed E-state index contributed by atoms with van der Waals surface area (Å²) in [5.74, 6) is 1.70. The molecule has 66 valence electrons. The molecule has 0 aromatic heterocycles. The fraction of sp³-hybridized carbons (Fsp3) is 0.400. The van der Waals surface area contributed by atoms with Crippen LogP contribution in [0.5, 0.6) is 0 Å². The Hall–Kier alpha value is -0.530. The Labute approximate surface area is 78.3 Å². The highest BCUT2D eigenvalue weighted by Crippen LogP contribution is 2.46. The maximum absolute atomic E-state index is 5.77. The van der Waals surface area contributed by atoms with Crippen LogP contribution >= 0.6 is 11.6 Å². The maximum Gasteiger partial charge on any atom is 0.0406 e. The van der Waals surface area contributed by atoms with Crippen LogP contribution in [-0.2, 0) is 0 Å². The molecule has 0 radical (unpaired) electrons. The number of benzene rings is 1. The van der Waals surface area contributed by atoms with E-state index in [-0.39, 0.29) is 6.15 Å². The second-order valence-corrected chi connectivity index (χ2v) is 3.81. The minimum atomic E-state index is 0. The zero-order valence-electron chi connectivity index (χ0n) is 7.26. The van der Waals surface area contributed by atoms with Gasteiger partial charge in [0.05, 0.1) is 0 Å². The Morgan fingerprint density at radius 1 is 1.25 bits per heavy atom. The smallest absolute Gasteiger partial charge is 0.0406 e. The molecule has 0 amide bonds. The molecule has 1 aromatic rings. The zero-order chi connectivity index (χ0) is 7.84. The van der Waals surface area contributed by atoms with Crippen LogP contribution in [0.25, 0.3) is 0 Å². The predicted octanol–water partition coefficient (Wildman–Crippen LogP) is 3.63. The van der Waals surface area contributed by atoms with Gasteiger partial charge in [-0.3, -0.25) is 0 Å². The average Bonchev–Trinajstić information content (AvgIpc) is 2.69. The maximum atomic E-state index is 5.77. The van der Waals surface area contributed by atoms with Crippen molar-refractivity contribution in [2.24, 2.45) is 5.92 Å². The Kier molecular flexibility index (Phi) is 2.76. The van der Waals surface area contributed by atoms with Crippen molar-refractivity contribution in [3.63, 3.8) is 0 Å². The SMILES string of the molecule is CC1CC1c1ccc(Cl)cc1.N. The molecule has 0 bridgehead atoms. The molecule has 1 fully saturated rings. The van der Waals surface area contributed by atoms with Gasteiger partial charge in [-0.15, -0.1) is 0 Å². The van der Waals surface area contributed by atoms with E-state index >= 15 is 0 Å². The molecule has 0 spiro atoms. The third-order valence-corrected chi connectivity index (χ3v) is 2.66.